The quantitative estimate of drug-likeness (QED) is 0.0685. The molecule has 11 nitrogen and oxygen atoms in total. The van der Waals surface area contributed by atoms with E-state index in [0.717, 1.165) is 41.5 Å². The third-order valence-corrected chi connectivity index (χ3v) is 8.54. The maximum absolute atomic E-state index is 13.7. The molecule has 0 unspecified atom stereocenters. The summed E-state index contributed by atoms with van der Waals surface area (Å²) in [6, 6.07) is 29.8. The number of hydrogen-bond acceptors (Lipinski definition) is 7. The minimum absolute atomic E-state index is 0.304. The molecular formula is C42H47N5O6. The van der Waals surface area contributed by atoms with Gasteiger partial charge in [0.25, 0.3) is 11.8 Å². The molecule has 1 aromatic heterocycles. The van der Waals surface area contributed by atoms with Crippen LogP contribution in [-0.2, 0) is 28.9 Å². The Bertz CT molecular complexity index is 2050. The van der Waals surface area contributed by atoms with Crippen LogP contribution >= 0.6 is 0 Å². The number of hydrogen-bond donors (Lipinski definition) is 4. The van der Waals surface area contributed by atoms with Crippen molar-refractivity contribution in [1.29, 1.82) is 0 Å². The number of benzene rings is 4. The van der Waals surface area contributed by atoms with E-state index in [1.165, 1.54) is 12.0 Å². The second-order valence-corrected chi connectivity index (χ2v) is 13.8. The topological polar surface area (TPSA) is 142 Å². The molecule has 0 spiro atoms. The number of aromatic amines is 1. The van der Waals surface area contributed by atoms with Gasteiger partial charge in [-0.3, -0.25) is 9.59 Å². The van der Waals surface area contributed by atoms with E-state index in [1.54, 1.807) is 31.3 Å². The lowest BCUT2D eigenvalue weighted by Crippen LogP contribution is -2.37. The van der Waals surface area contributed by atoms with Crippen LogP contribution in [0, 0.1) is 0 Å². The maximum atomic E-state index is 13.7. The molecule has 0 radical (unpaired) electrons. The third-order valence-electron chi connectivity index (χ3n) is 8.54. The van der Waals surface area contributed by atoms with E-state index < -0.39 is 5.60 Å². The summed E-state index contributed by atoms with van der Waals surface area (Å²) in [4.78, 5) is 55.8. The van der Waals surface area contributed by atoms with Crippen molar-refractivity contribution < 1.29 is 28.7 Å². The zero-order valence-corrected chi connectivity index (χ0v) is 30.9. The highest BCUT2D eigenvalue weighted by Gasteiger charge is 2.22. The molecule has 0 fully saturated rings. The predicted molar refractivity (Wildman–Crippen MR) is 207 cm³/mol. The number of likely N-dealkylation sites (N-methyl/N-ethyl adjacent to an activating group) is 1. The summed E-state index contributed by atoms with van der Waals surface area (Å²) in [5.74, 6) is -0.755. The Kier molecular flexibility index (Phi) is 12.7. The minimum Gasteiger partial charge on any atom is -0.465 e. The van der Waals surface area contributed by atoms with Gasteiger partial charge in [-0.25, -0.2) is 9.59 Å². The highest BCUT2D eigenvalue weighted by Crippen LogP contribution is 2.28. The molecule has 3 amide bonds. The number of ether oxygens (including phenoxy) is 2. The van der Waals surface area contributed by atoms with E-state index in [1.807, 2.05) is 93.6 Å². The van der Waals surface area contributed by atoms with Gasteiger partial charge in [0.1, 0.15) is 11.4 Å². The second kappa shape index (κ2) is 17.5. The normalized spacial score (nSPS) is 11.2. The molecule has 5 rings (SSSR count). The van der Waals surface area contributed by atoms with Gasteiger partial charge in [0.05, 0.1) is 18.2 Å². The van der Waals surface area contributed by atoms with Crippen molar-refractivity contribution in [3.8, 4) is 0 Å². The Morgan fingerprint density at radius 2 is 1.43 bits per heavy atom. The van der Waals surface area contributed by atoms with E-state index in [9.17, 15) is 19.2 Å². The largest absolute Gasteiger partial charge is 0.465 e. The average molecular weight is 718 g/mol. The van der Waals surface area contributed by atoms with Gasteiger partial charge in [0.2, 0.25) is 0 Å². The number of H-pyrrole nitrogens is 1. The van der Waals surface area contributed by atoms with Crippen LogP contribution in [0.1, 0.15) is 75.0 Å². The smallest absolute Gasteiger partial charge is 0.410 e. The van der Waals surface area contributed by atoms with E-state index in [4.69, 9.17) is 9.47 Å². The zero-order chi connectivity index (χ0) is 38.0. The standard InChI is InChI=1S/C42H47N5O6/c1-42(2,3)53-41(51)47(4)25-24-43-27-30-12-9-13-32(26-30)38(48)46-37-36(34-14-6-7-15-35(34)45-37)39(49)44-33-22-18-29(19-23-33)11-8-10-28-16-20-31(21-17-28)40(50)52-5/h6-7,9,12-23,26,43,45H,8,10-11,24-25,27H2,1-5H3,(H,44,49)(H,46,48). The van der Waals surface area contributed by atoms with Crippen molar-refractivity contribution >= 4 is 46.3 Å². The van der Waals surface area contributed by atoms with Gasteiger partial charge in [-0.1, -0.05) is 54.6 Å². The first-order valence-corrected chi connectivity index (χ1v) is 17.6. The molecule has 0 saturated heterocycles. The van der Waals surface area contributed by atoms with E-state index in [0.29, 0.717) is 53.2 Å². The Balaban J connectivity index is 1.17. The van der Waals surface area contributed by atoms with Crippen molar-refractivity contribution in [2.45, 2.75) is 52.2 Å². The number of carbonyl (C=O) groups is 4. The molecule has 4 N–H and O–H groups in total. The number of fused-ring (bicyclic) bond motifs is 1. The van der Waals surface area contributed by atoms with Crippen molar-refractivity contribution in [3.63, 3.8) is 0 Å². The molecule has 0 bridgehead atoms. The van der Waals surface area contributed by atoms with Crippen LogP contribution in [0.25, 0.3) is 10.9 Å². The molecule has 0 aliphatic heterocycles. The van der Waals surface area contributed by atoms with Gasteiger partial charge in [0.15, 0.2) is 0 Å². The molecule has 11 heteroatoms. The Labute approximate surface area is 310 Å². The van der Waals surface area contributed by atoms with Crippen LogP contribution in [0.3, 0.4) is 0 Å². The van der Waals surface area contributed by atoms with Crippen molar-refractivity contribution in [2.24, 2.45) is 0 Å². The van der Waals surface area contributed by atoms with Gasteiger partial charge in [-0.2, -0.15) is 0 Å². The zero-order valence-electron chi connectivity index (χ0n) is 30.9. The summed E-state index contributed by atoms with van der Waals surface area (Å²) < 4.78 is 10.2. The molecule has 276 valence electrons. The number of amides is 3. The number of nitrogens with one attached hydrogen (secondary N) is 4. The lowest BCUT2D eigenvalue weighted by Gasteiger charge is -2.24. The number of aromatic nitrogens is 1. The Morgan fingerprint density at radius 3 is 2.11 bits per heavy atom. The van der Waals surface area contributed by atoms with Crippen molar-refractivity contribution in [1.82, 2.24) is 15.2 Å². The molecule has 1 heterocycles. The van der Waals surface area contributed by atoms with Gasteiger partial charge in [-0.15, -0.1) is 0 Å². The highest BCUT2D eigenvalue weighted by atomic mass is 16.6. The number of esters is 1. The molecule has 53 heavy (non-hydrogen) atoms. The maximum Gasteiger partial charge on any atom is 0.410 e. The summed E-state index contributed by atoms with van der Waals surface area (Å²) >= 11 is 0. The van der Waals surface area contributed by atoms with Crippen LogP contribution in [0.5, 0.6) is 0 Å². The van der Waals surface area contributed by atoms with Gasteiger partial charge in [0, 0.05) is 48.8 Å². The van der Waals surface area contributed by atoms with Crippen LogP contribution in [0.15, 0.2) is 97.1 Å². The predicted octanol–water partition coefficient (Wildman–Crippen LogP) is 7.59. The van der Waals surface area contributed by atoms with Gasteiger partial charge < -0.3 is 35.3 Å². The number of nitrogens with zero attached hydrogens (tertiary/aromatic N) is 1. The van der Waals surface area contributed by atoms with Crippen molar-refractivity contribution in [3.05, 3.63) is 130 Å². The second-order valence-electron chi connectivity index (χ2n) is 13.8. The Morgan fingerprint density at radius 1 is 0.755 bits per heavy atom. The van der Waals surface area contributed by atoms with Crippen LogP contribution in [0.4, 0.5) is 16.3 Å². The number of aryl methyl sites for hydroxylation is 2. The van der Waals surface area contributed by atoms with Gasteiger partial charge >= 0.3 is 12.1 Å². The van der Waals surface area contributed by atoms with E-state index >= 15 is 0 Å². The summed E-state index contributed by atoms with van der Waals surface area (Å²) in [7, 11) is 3.06. The fourth-order valence-electron chi connectivity index (χ4n) is 5.76. The highest BCUT2D eigenvalue weighted by molar-refractivity contribution is 6.19. The lowest BCUT2D eigenvalue weighted by atomic mass is 10.0. The first-order valence-electron chi connectivity index (χ1n) is 17.6. The molecule has 0 saturated carbocycles. The molecule has 0 aliphatic rings. The van der Waals surface area contributed by atoms with Crippen molar-refractivity contribution in [2.75, 3.05) is 37.9 Å². The van der Waals surface area contributed by atoms with Crippen LogP contribution in [-0.4, -0.2) is 66.6 Å². The third kappa shape index (κ3) is 10.8. The lowest BCUT2D eigenvalue weighted by molar-refractivity contribution is 0.0300. The fraction of sp³-hybridized carbons (Fsp3) is 0.286. The molecule has 0 atom stereocenters. The fourth-order valence-corrected chi connectivity index (χ4v) is 5.76. The summed E-state index contributed by atoms with van der Waals surface area (Å²) in [6.07, 6.45) is 2.26. The summed E-state index contributed by atoms with van der Waals surface area (Å²) in [5.41, 5.74) is 5.28. The number of anilines is 2. The summed E-state index contributed by atoms with van der Waals surface area (Å²) in [6.45, 7) is 6.98. The van der Waals surface area contributed by atoms with E-state index in [-0.39, 0.29) is 23.9 Å². The monoisotopic (exact) mass is 717 g/mol. The Hall–Kier alpha value is -5.94. The number of carbonyl (C=O) groups excluding carboxylic acids is 4. The number of methoxy groups -OCH3 is 1. The van der Waals surface area contributed by atoms with Crippen LogP contribution in [0.2, 0.25) is 0 Å². The van der Waals surface area contributed by atoms with E-state index in [2.05, 4.69) is 20.9 Å². The average Bonchev–Trinajstić information content (AvgIpc) is 3.51. The number of para-hydroxylation sites is 1. The molecule has 4 aromatic carbocycles. The molecular weight excluding hydrogens is 670 g/mol. The first kappa shape index (κ1) is 38.3. The number of rotatable bonds is 14. The molecule has 5 aromatic rings. The first-order chi connectivity index (χ1) is 25.4. The SMILES string of the molecule is COC(=O)c1ccc(CCCc2ccc(NC(=O)c3c(NC(=O)c4cccc(CNCCN(C)C(=O)OC(C)(C)C)c4)[nH]c4ccccc34)cc2)cc1. The minimum atomic E-state index is -0.559. The molecule has 0 aliphatic carbocycles. The summed E-state index contributed by atoms with van der Waals surface area (Å²) in [5, 5.41) is 9.91. The van der Waals surface area contributed by atoms with Crippen LogP contribution < -0.4 is 16.0 Å². The van der Waals surface area contributed by atoms with Gasteiger partial charge in [-0.05, 0) is 99.2 Å².